The monoisotopic (exact) mass is 348 g/mol. The number of carbonyl (C=O) groups excluding carboxylic acids is 1. The molecule has 2 atom stereocenters. The Kier molecular flexibility index (Phi) is 4.10. The molecule has 0 spiro atoms. The number of aromatic nitrogens is 7. The SMILES string of the molecule is C[C@H](NC(=O)[C@H](c1ccccc1)n1cnnn1)c1nnc2ccccn12. The van der Waals surface area contributed by atoms with Gasteiger partial charge in [-0.05, 0) is 35.0 Å². The van der Waals surface area contributed by atoms with Gasteiger partial charge in [0.25, 0.3) is 0 Å². The predicted octanol–water partition coefficient (Wildman–Crippen LogP) is 1.18. The molecule has 9 heteroatoms. The number of nitrogens with one attached hydrogen (secondary N) is 1. The summed E-state index contributed by atoms with van der Waals surface area (Å²) in [6.07, 6.45) is 3.29. The standard InChI is InChI=1S/C17H16N8O/c1-12(16-21-20-14-9-5-6-10-24(14)16)19-17(26)15(25-11-18-22-23-25)13-7-3-2-4-8-13/h2-12,15H,1H3,(H,19,26)/t12-,15-/m0/s1. The second kappa shape index (κ2) is 6.71. The van der Waals surface area contributed by atoms with Crippen molar-refractivity contribution in [2.75, 3.05) is 0 Å². The number of hydrogen-bond donors (Lipinski definition) is 1. The van der Waals surface area contributed by atoms with Crippen LogP contribution in [0.25, 0.3) is 5.65 Å². The van der Waals surface area contributed by atoms with Gasteiger partial charge in [-0.2, -0.15) is 0 Å². The van der Waals surface area contributed by atoms with Crippen LogP contribution < -0.4 is 5.32 Å². The van der Waals surface area contributed by atoms with E-state index >= 15 is 0 Å². The van der Waals surface area contributed by atoms with Crippen molar-refractivity contribution in [3.8, 4) is 0 Å². The Hall–Kier alpha value is -3.62. The van der Waals surface area contributed by atoms with E-state index in [9.17, 15) is 4.79 Å². The molecule has 0 aliphatic heterocycles. The lowest BCUT2D eigenvalue weighted by Crippen LogP contribution is -2.36. The third-order valence-corrected chi connectivity index (χ3v) is 4.08. The zero-order valence-electron chi connectivity index (χ0n) is 14.0. The molecule has 1 amide bonds. The molecule has 0 aliphatic carbocycles. The van der Waals surface area contributed by atoms with Gasteiger partial charge in [-0.3, -0.25) is 9.20 Å². The van der Waals surface area contributed by atoms with Crippen LogP contribution in [0.4, 0.5) is 0 Å². The summed E-state index contributed by atoms with van der Waals surface area (Å²) in [5.74, 6) is 0.418. The van der Waals surface area contributed by atoms with E-state index in [1.807, 2.05) is 66.1 Å². The van der Waals surface area contributed by atoms with Gasteiger partial charge < -0.3 is 5.32 Å². The van der Waals surface area contributed by atoms with Gasteiger partial charge >= 0.3 is 0 Å². The van der Waals surface area contributed by atoms with Crippen molar-refractivity contribution in [2.24, 2.45) is 0 Å². The first-order valence-electron chi connectivity index (χ1n) is 8.11. The Bertz CT molecular complexity index is 1010. The molecule has 0 unspecified atom stereocenters. The maximum atomic E-state index is 13.0. The van der Waals surface area contributed by atoms with E-state index in [0.29, 0.717) is 5.82 Å². The summed E-state index contributed by atoms with van der Waals surface area (Å²) >= 11 is 0. The minimum Gasteiger partial charge on any atom is -0.344 e. The molecule has 3 heterocycles. The number of fused-ring (bicyclic) bond motifs is 1. The van der Waals surface area contributed by atoms with Crippen molar-refractivity contribution in [2.45, 2.75) is 19.0 Å². The van der Waals surface area contributed by atoms with Gasteiger partial charge in [0.15, 0.2) is 17.5 Å². The Balaban J connectivity index is 1.62. The summed E-state index contributed by atoms with van der Waals surface area (Å²) in [6, 6.07) is 14.0. The van der Waals surface area contributed by atoms with E-state index < -0.39 is 6.04 Å². The smallest absolute Gasteiger partial charge is 0.250 e. The highest BCUT2D eigenvalue weighted by Gasteiger charge is 2.26. The molecule has 0 fully saturated rings. The minimum atomic E-state index is -0.673. The van der Waals surface area contributed by atoms with Crippen molar-refractivity contribution >= 4 is 11.6 Å². The Morgan fingerprint density at radius 2 is 1.88 bits per heavy atom. The third-order valence-electron chi connectivity index (χ3n) is 4.08. The van der Waals surface area contributed by atoms with Gasteiger partial charge in [0, 0.05) is 6.20 Å². The number of amides is 1. The minimum absolute atomic E-state index is 0.233. The molecular weight excluding hydrogens is 332 g/mol. The third kappa shape index (κ3) is 2.90. The number of hydrogen-bond acceptors (Lipinski definition) is 6. The summed E-state index contributed by atoms with van der Waals surface area (Å²) in [4.78, 5) is 13.0. The van der Waals surface area contributed by atoms with Crippen LogP contribution in [0.15, 0.2) is 61.1 Å². The molecule has 1 N–H and O–H groups in total. The van der Waals surface area contributed by atoms with E-state index in [0.717, 1.165) is 11.2 Å². The highest BCUT2D eigenvalue weighted by Crippen LogP contribution is 2.19. The van der Waals surface area contributed by atoms with E-state index in [1.165, 1.54) is 11.0 Å². The van der Waals surface area contributed by atoms with Gasteiger partial charge in [0.2, 0.25) is 5.91 Å². The topological polar surface area (TPSA) is 103 Å². The Morgan fingerprint density at radius 1 is 1.08 bits per heavy atom. The van der Waals surface area contributed by atoms with Crippen molar-refractivity contribution in [1.82, 2.24) is 40.1 Å². The van der Waals surface area contributed by atoms with Gasteiger partial charge in [-0.25, -0.2) is 4.68 Å². The van der Waals surface area contributed by atoms with Gasteiger partial charge in [0.05, 0.1) is 6.04 Å². The lowest BCUT2D eigenvalue weighted by Gasteiger charge is -2.19. The maximum Gasteiger partial charge on any atom is 0.250 e. The van der Waals surface area contributed by atoms with Crippen molar-refractivity contribution < 1.29 is 4.79 Å². The number of pyridine rings is 1. The largest absolute Gasteiger partial charge is 0.344 e. The predicted molar refractivity (Wildman–Crippen MR) is 91.9 cm³/mol. The fourth-order valence-corrected chi connectivity index (χ4v) is 2.86. The van der Waals surface area contributed by atoms with Gasteiger partial charge in [-0.1, -0.05) is 36.4 Å². The average molecular weight is 348 g/mol. The lowest BCUT2D eigenvalue weighted by molar-refractivity contribution is -0.124. The van der Waals surface area contributed by atoms with Gasteiger partial charge in [0.1, 0.15) is 6.33 Å². The summed E-state index contributed by atoms with van der Waals surface area (Å²) in [5.41, 5.74) is 1.51. The molecule has 1 aromatic carbocycles. The molecule has 0 saturated carbocycles. The van der Waals surface area contributed by atoms with Crippen molar-refractivity contribution in [1.29, 1.82) is 0 Å². The Morgan fingerprint density at radius 3 is 2.65 bits per heavy atom. The number of benzene rings is 1. The average Bonchev–Trinajstić information content (AvgIpc) is 3.32. The maximum absolute atomic E-state index is 13.0. The van der Waals surface area contributed by atoms with Crippen LogP contribution in [0.3, 0.4) is 0 Å². The lowest BCUT2D eigenvalue weighted by atomic mass is 10.1. The number of carbonyl (C=O) groups is 1. The van der Waals surface area contributed by atoms with E-state index in [-0.39, 0.29) is 11.9 Å². The first kappa shape index (κ1) is 15.9. The molecule has 130 valence electrons. The fourth-order valence-electron chi connectivity index (χ4n) is 2.86. The first-order chi connectivity index (χ1) is 12.7. The molecular formula is C17H16N8O. The molecule has 0 bridgehead atoms. The van der Waals surface area contributed by atoms with E-state index in [4.69, 9.17) is 0 Å². The zero-order chi connectivity index (χ0) is 17.9. The fraction of sp³-hybridized carbons (Fsp3) is 0.176. The van der Waals surface area contributed by atoms with Crippen LogP contribution in [0.5, 0.6) is 0 Å². The summed E-state index contributed by atoms with van der Waals surface area (Å²) < 4.78 is 3.28. The molecule has 3 aromatic heterocycles. The van der Waals surface area contributed by atoms with E-state index in [1.54, 1.807) is 0 Å². The summed E-state index contributed by atoms with van der Waals surface area (Å²) in [6.45, 7) is 1.86. The van der Waals surface area contributed by atoms with Crippen LogP contribution >= 0.6 is 0 Å². The van der Waals surface area contributed by atoms with Crippen LogP contribution in [0.2, 0.25) is 0 Å². The van der Waals surface area contributed by atoms with Crippen LogP contribution in [0, 0.1) is 0 Å². The highest BCUT2D eigenvalue weighted by atomic mass is 16.2. The van der Waals surface area contributed by atoms with Crippen molar-refractivity contribution in [3.63, 3.8) is 0 Å². The van der Waals surface area contributed by atoms with Crippen LogP contribution in [-0.2, 0) is 4.79 Å². The van der Waals surface area contributed by atoms with Crippen molar-refractivity contribution in [3.05, 3.63) is 72.4 Å². The summed E-state index contributed by atoms with van der Waals surface area (Å²) in [5, 5.41) is 22.5. The molecule has 0 saturated heterocycles. The summed E-state index contributed by atoms with van der Waals surface area (Å²) in [7, 11) is 0. The molecule has 26 heavy (non-hydrogen) atoms. The molecule has 4 aromatic rings. The second-order valence-electron chi connectivity index (χ2n) is 5.82. The number of rotatable bonds is 5. The molecule has 9 nitrogen and oxygen atoms in total. The van der Waals surface area contributed by atoms with Crippen LogP contribution in [0.1, 0.15) is 30.4 Å². The molecule has 0 aliphatic rings. The van der Waals surface area contributed by atoms with Gasteiger partial charge in [-0.15, -0.1) is 15.3 Å². The zero-order valence-corrected chi connectivity index (χ0v) is 14.0. The normalized spacial score (nSPS) is 13.4. The second-order valence-corrected chi connectivity index (χ2v) is 5.82. The number of nitrogens with zero attached hydrogens (tertiary/aromatic N) is 7. The Labute approximate surface area is 148 Å². The quantitative estimate of drug-likeness (QED) is 0.581. The van der Waals surface area contributed by atoms with E-state index in [2.05, 4.69) is 31.0 Å². The molecule has 0 radical (unpaired) electrons. The highest BCUT2D eigenvalue weighted by molar-refractivity contribution is 5.83. The first-order valence-corrected chi connectivity index (χ1v) is 8.11. The molecule has 4 rings (SSSR count). The van der Waals surface area contributed by atoms with Crippen LogP contribution in [-0.4, -0.2) is 40.7 Å². The number of tetrazole rings is 1.